The number of halogens is 1. The second-order valence-corrected chi connectivity index (χ2v) is 6.23. The number of ether oxygens (including phenoxy) is 1. The lowest BCUT2D eigenvalue weighted by molar-refractivity contribution is -0.158. The number of nitrogens with zero attached hydrogens (tertiary/aromatic N) is 3. The highest BCUT2D eigenvalue weighted by atomic mass is 19.1. The summed E-state index contributed by atoms with van der Waals surface area (Å²) in [6.07, 6.45) is 0.0582. The number of benzene rings is 1. The van der Waals surface area contributed by atoms with Crippen molar-refractivity contribution in [2.75, 3.05) is 19.8 Å². The summed E-state index contributed by atoms with van der Waals surface area (Å²) in [5.41, 5.74) is 2.89. The second kappa shape index (κ2) is 7.25. The number of carbonyl (C=O) groups is 2. The highest BCUT2D eigenvalue weighted by Gasteiger charge is 2.33. The lowest BCUT2D eigenvalue weighted by Gasteiger charge is -2.33. The third-order valence-electron chi connectivity index (χ3n) is 4.57. The molecule has 1 aliphatic heterocycles. The van der Waals surface area contributed by atoms with Crippen LogP contribution in [0.1, 0.15) is 17.0 Å². The first-order valence-corrected chi connectivity index (χ1v) is 8.29. The van der Waals surface area contributed by atoms with E-state index in [1.165, 1.54) is 17.0 Å². The first-order chi connectivity index (χ1) is 12.4. The topological polar surface area (TPSA) is 84.7 Å². The van der Waals surface area contributed by atoms with Crippen LogP contribution in [0.3, 0.4) is 0 Å². The Kier molecular flexibility index (Phi) is 5.03. The van der Waals surface area contributed by atoms with Crippen molar-refractivity contribution in [1.82, 2.24) is 14.7 Å². The molecule has 0 spiro atoms. The van der Waals surface area contributed by atoms with Gasteiger partial charge in [0.25, 0.3) is 0 Å². The summed E-state index contributed by atoms with van der Waals surface area (Å²) in [6.45, 7) is 4.19. The fourth-order valence-electron chi connectivity index (χ4n) is 3.12. The van der Waals surface area contributed by atoms with Crippen LogP contribution in [0.4, 0.5) is 4.39 Å². The molecule has 1 saturated heterocycles. The lowest BCUT2D eigenvalue weighted by Crippen LogP contribution is -2.53. The minimum atomic E-state index is -1.08. The van der Waals surface area contributed by atoms with Crippen molar-refractivity contribution in [2.24, 2.45) is 0 Å². The maximum absolute atomic E-state index is 13.1. The molecule has 0 radical (unpaired) electrons. The van der Waals surface area contributed by atoms with Crippen molar-refractivity contribution in [2.45, 2.75) is 26.3 Å². The highest BCUT2D eigenvalue weighted by Crippen LogP contribution is 2.20. The molecule has 26 heavy (non-hydrogen) atoms. The van der Waals surface area contributed by atoms with Crippen LogP contribution in [-0.2, 0) is 20.7 Å². The number of amides is 1. The van der Waals surface area contributed by atoms with E-state index in [0.29, 0.717) is 18.0 Å². The molecule has 1 fully saturated rings. The van der Waals surface area contributed by atoms with Crippen LogP contribution < -0.4 is 0 Å². The minimum absolute atomic E-state index is 0.00607. The Labute approximate surface area is 150 Å². The minimum Gasteiger partial charge on any atom is -0.480 e. The Balaban J connectivity index is 1.84. The molecular formula is C18H20FN3O4. The third kappa shape index (κ3) is 3.45. The number of hydrogen-bond acceptors (Lipinski definition) is 4. The molecular weight excluding hydrogens is 341 g/mol. The Bertz CT molecular complexity index is 832. The Hall–Kier alpha value is -2.74. The maximum Gasteiger partial charge on any atom is 0.328 e. The van der Waals surface area contributed by atoms with Gasteiger partial charge in [-0.3, -0.25) is 4.79 Å². The smallest absolute Gasteiger partial charge is 0.328 e. The Morgan fingerprint density at radius 2 is 2.00 bits per heavy atom. The summed E-state index contributed by atoms with van der Waals surface area (Å²) in [5, 5.41) is 13.7. The van der Waals surface area contributed by atoms with Gasteiger partial charge in [0.1, 0.15) is 5.82 Å². The van der Waals surface area contributed by atoms with Crippen molar-refractivity contribution < 1.29 is 23.8 Å². The molecule has 2 aromatic rings. The SMILES string of the molecule is Cc1nn(-c2ccc(F)cc2)c(C)c1CC(=O)N1CCOC[C@@H]1C(=O)O. The molecule has 7 nitrogen and oxygen atoms in total. The van der Waals surface area contributed by atoms with Crippen molar-refractivity contribution in [3.8, 4) is 5.69 Å². The third-order valence-corrected chi connectivity index (χ3v) is 4.57. The van der Waals surface area contributed by atoms with Gasteiger partial charge in [0.15, 0.2) is 6.04 Å². The summed E-state index contributed by atoms with van der Waals surface area (Å²) in [5.74, 6) is -1.68. The molecule has 1 aliphatic rings. The van der Waals surface area contributed by atoms with Crippen LogP contribution >= 0.6 is 0 Å². The molecule has 0 aliphatic carbocycles. The normalized spacial score (nSPS) is 17.3. The average Bonchev–Trinajstić information content (AvgIpc) is 2.90. The van der Waals surface area contributed by atoms with Gasteiger partial charge in [-0.1, -0.05) is 0 Å². The average molecular weight is 361 g/mol. The van der Waals surface area contributed by atoms with Gasteiger partial charge in [0.2, 0.25) is 5.91 Å². The van der Waals surface area contributed by atoms with Crippen molar-refractivity contribution in [3.05, 3.63) is 47.0 Å². The zero-order chi connectivity index (χ0) is 18.8. The molecule has 3 rings (SSSR count). The first kappa shape index (κ1) is 18.1. The monoisotopic (exact) mass is 361 g/mol. The molecule has 0 saturated carbocycles. The van der Waals surface area contributed by atoms with Gasteiger partial charge in [-0.2, -0.15) is 5.10 Å². The van der Waals surface area contributed by atoms with E-state index < -0.39 is 12.0 Å². The van der Waals surface area contributed by atoms with Crippen LogP contribution in [0.5, 0.6) is 0 Å². The van der Waals surface area contributed by atoms with E-state index in [-0.39, 0.29) is 31.3 Å². The van der Waals surface area contributed by atoms with Crippen molar-refractivity contribution >= 4 is 11.9 Å². The molecule has 8 heteroatoms. The second-order valence-electron chi connectivity index (χ2n) is 6.23. The molecule has 0 unspecified atom stereocenters. The molecule has 1 N–H and O–H groups in total. The summed E-state index contributed by atoms with van der Waals surface area (Å²) in [6, 6.07) is 4.96. The predicted molar refractivity (Wildman–Crippen MR) is 90.7 cm³/mol. The van der Waals surface area contributed by atoms with Crippen LogP contribution in [0, 0.1) is 19.7 Å². The lowest BCUT2D eigenvalue weighted by atomic mass is 10.1. The number of aryl methyl sites for hydroxylation is 1. The van der Waals surface area contributed by atoms with E-state index >= 15 is 0 Å². The van der Waals surface area contributed by atoms with Gasteiger partial charge >= 0.3 is 5.97 Å². The summed E-state index contributed by atoms with van der Waals surface area (Å²) in [4.78, 5) is 25.4. The van der Waals surface area contributed by atoms with E-state index in [1.54, 1.807) is 23.7 Å². The van der Waals surface area contributed by atoms with E-state index in [9.17, 15) is 19.1 Å². The number of carboxylic acids is 1. The number of carbonyl (C=O) groups excluding carboxylic acids is 1. The number of aromatic nitrogens is 2. The molecule has 0 bridgehead atoms. The zero-order valence-electron chi connectivity index (χ0n) is 14.6. The first-order valence-electron chi connectivity index (χ1n) is 8.29. The fourth-order valence-corrected chi connectivity index (χ4v) is 3.12. The summed E-state index contributed by atoms with van der Waals surface area (Å²) < 4.78 is 20.0. The van der Waals surface area contributed by atoms with E-state index in [2.05, 4.69) is 5.10 Å². The van der Waals surface area contributed by atoms with E-state index in [0.717, 1.165) is 11.3 Å². The zero-order valence-corrected chi connectivity index (χ0v) is 14.6. The number of carboxylic acid groups (broad SMARTS) is 1. The summed E-state index contributed by atoms with van der Waals surface area (Å²) in [7, 11) is 0. The van der Waals surface area contributed by atoms with Gasteiger partial charge in [-0.15, -0.1) is 0 Å². The molecule has 138 valence electrons. The largest absolute Gasteiger partial charge is 0.480 e. The van der Waals surface area contributed by atoms with Gasteiger partial charge < -0.3 is 14.7 Å². The number of morpholine rings is 1. The van der Waals surface area contributed by atoms with Crippen LogP contribution in [0.25, 0.3) is 5.69 Å². The van der Waals surface area contributed by atoms with Gasteiger partial charge in [0, 0.05) is 17.8 Å². The van der Waals surface area contributed by atoms with E-state index in [1.807, 2.05) is 6.92 Å². The Morgan fingerprint density at radius 3 is 2.65 bits per heavy atom. The molecule has 1 aromatic carbocycles. The number of rotatable bonds is 4. The van der Waals surface area contributed by atoms with Crippen LogP contribution in [0.2, 0.25) is 0 Å². The van der Waals surface area contributed by atoms with Gasteiger partial charge in [-0.05, 0) is 38.1 Å². The van der Waals surface area contributed by atoms with Crippen molar-refractivity contribution in [3.63, 3.8) is 0 Å². The molecule has 1 aromatic heterocycles. The van der Waals surface area contributed by atoms with Gasteiger partial charge in [0.05, 0.1) is 31.0 Å². The van der Waals surface area contributed by atoms with Crippen LogP contribution in [-0.4, -0.2) is 57.5 Å². The quantitative estimate of drug-likeness (QED) is 0.892. The van der Waals surface area contributed by atoms with Gasteiger partial charge in [-0.25, -0.2) is 13.9 Å². The fraction of sp³-hybridized carbons (Fsp3) is 0.389. The van der Waals surface area contributed by atoms with Crippen LogP contribution in [0.15, 0.2) is 24.3 Å². The Morgan fingerprint density at radius 1 is 1.31 bits per heavy atom. The number of aliphatic carboxylic acids is 1. The van der Waals surface area contributed by atoms with E-state index in [4.69, 9.17) is 4.74 Å². The number of hydrogen-bond donors (Lipinski definition) is 1. The maximum atomic E-state index is 13.1. The molecule has 1 amide bonds. The standard InChI is InChI=1S/C18H20FN3O4/c1-11-15(9-17(23)21-7-8-26-10-16(21)18(24)25)12(2)22(20-11)14-5-3-13(19)4-6-14/h3-6,16H,7-10H2,1-2H3,(H,24,25)/t16-/m1/s1. The molecule has 1 atom stereocenters. The summed E-state index contributed by atoms with van der Waals surface area (Å²) >= 11 is 0. The molecule has 2 heterocycles. The highest BCUT2D eigenvalue weighted by molar-refractivity contribution is 5.85. The predicted octanol–water partition coefficient (Wildman–Crippen LogP) is 1.48. The van der Waals surface area contributed by atoms with Crippen molar-refractivity contribution in [1.29, 1.82) is 0 Å².